The van der Waals surface area contributed by atoms with Gasteiger partial charge in [-0.05, 0) is 27.2 Å². The standard InChI is InChI=1S/C10H14O2/c1-6-4-5-7-8(6)9(11)12-10(7,2)3/h4,7-8H,5H2,1-3H3/t7-,8+/m1/s1. The topological polar surface area (TPSA) is 26.3 Å². The minimum atomic E-state index is -0.254. The Balaban J connectivity index is 2.34. The van der Waals surface area contributed by atoms with E-state index in [0.29, 0.717) is 5.92 Å². The van der Waals surface area contributed by atoms with Crippen LogP contribution in [0.2, 0.25) is 0 Å². The number of carbonyl (C=O) groups excluding carboxylic acids is 1. The number of allylic oxidation sites excluding steroid dienone is 1. The summed E-state index contributed by atoms with van der Waals surface area (Å²) in [6.07, 6.45) is 3.16. The Kier molecular flexibility index (Phi) is 1.39. The number of esters is 1. The summed E-state index contributed by atoms with van der Waals surface area (Å²) in [5.41, 5.74) is 0.936. The fraction of sp³-hybridized carbons (Fsp3) is 0.700. The number of carbonyl (C=O) groups is 1. The van der Waals surface area contributed by atoms with Gasteiger partial charge in [-0.2, -0.15) is 0 Å². The SMILES string of the molecule is CC1=CC[C@@H]2[C@H]1C(=O)OC2(C)C. The first-order valence-corrected chi connectivity index (χ1v) is 4.42. The van der Waals surface area contributed by atoms with Crippen molar-refractivity contribution < 1.29 is 9.53 Å². The molecule has 1 fully saturated rings. The Labute approximate surface area is 72.6 Å². The van der Waals surface area contributed by atoms with Crippen LogP contribution in [0.1, 0.15) is 27.2 Å². The lowest BCUT2D eigenvalue weighted by Gasteiger charge is -2.23. The van der Waals surface area contributed by atoms with Gasteiger partial charge >= 0.3 is 5.97 Å². The van der Waals surface area contributed by atoms with E-state index in [-0.39, 0.29) is 17.5 Å². The predicted molar refractivity (Wildman–Crippen MR) is 45.5 cm³/mol. The third kappa shape index (κ3) is 0.838. The zero-order valence-electron chi connectivity index (χ0n) is 7.76. The Morgan fingerprint density at radius 1 is 1.58 bits per heavy atom. The predicted octanol–water partition coefficient (Wildman–Crippen LogP) is 1.90. The first-order chi connectivity index (χ1) is 5.52. The first kappa shape index (κ1) is 7.84. The van der Waals surface area contributed by atoms with Crippen molar-refractivity contribution in [2.75, 3.05) is 0 Å². The van der Waals surface area contributed by atoms with Crippen LogP contribution in [0.4, 0.5) is 0 Å². The van der Waals surface area contributed by atoms with Gasteiger partial charge in [-0.25, -0.2) is 0 Å². The molecule has 1 saturated heterocycles. The summed E-state index contributed by atoms with van der Waals surface area (Å²) in [6.45, 7) is 6.03. The first-order valence-electron chi connectivity index (χ1n) is 4.42. The lowest BCUT2D eigenvalue weighted by molar-refractivity contribution is -0.148. The quantitative estimate of drug-likeness (QED) is 0.406. The summed E-state index contributed by atoms with van der Waals surface area (Å²) < 4.78 is 5.31. The molecule has 2 rings (SSSR count). The maximum atomic E-state index is 11.4. The van der Waals surface area contributed by atoms with E-state index in [2.05, 4.69) is 6.08 Å². The lowest BCUT2D eigenvalue weighted by Crippen LogP contribution is -2.27. The van der Waals surface area contributed by atoms with E-state index in [4.69, 9.17) is 4.74 Å². The molecule has 0 unspecified atom stereocenters. The number of hydrogen-bond donors (Lipinski definition) is 0. The van der Waals surface area contributed by atoms with E-state index < -0.39 is 0 Å². The molecule has 0 aromatic carbocycles. The average Bonchev–Trinajstić information content (AvgIpc) is 2.38. The summed E-state index contributed by atoms with van der Waals surface area (Å²) in [6, 6.07) is 0. The molecular weight excluding hydrogens is 152 g/mol. The fourth-order valence-corrected chi connectivity index (χ4v) is 2.33. The summed E-state index contributed by atoms with van der Waals surface area (Å²) in [7, 11) is 0. The van der Waals surface area contributed by atoms with Crippen LogP contribution in [0.15, 0.2) is 11.6 Å². The van der Waals surface area contributed by atoms with Crippen molar-refractivity contribution in [3.8, 4) is 0 Å². The largest absolute Gasteiger partial charge is 0.459 e. The van der Waals surface area contributed by atoms with Crippen LogP contribution < -0.4 is 0 Å². The Morgan fingerprint density at radius 3 is 2.83 bits per heavy atom. The van der Waals surface area contributed by atoms with Crippen LogP contribution >= 0.6 is 0 Å². The van der Waals surface area contributed by atoms with Gasteiger partial charge in [0.25, 0.3) is 0 Å². The maximum Gasteiger partial charge on any atom is 0.314 e. The van der Waals surface area contributed by atoms with E-state index in [1.54, 1.807) is 0 Å². The van der Waals surface area contributed by atoms with Crippen molar-refractivity contribution in [2.45, 2.75) is 32.8 Å². The molecule has 0 N–H and O–H groups in total. The van der Waals surface area contributed by atoms with Gasteiger partial charge in [0.1, 0.15) is 5.60 Å². The molecule has 2 atom stereocenters. The van der Waals surface area contributed by atoms with Crippen molar-refractivity contribution in [1.29, 1.82) is 0 Å². The Morgan fingerprint density at radius 2 is 2.25 bits per heavy atom. The molecule has 2 nitrogen and oxygen atoms in total. The normalized spacial score (nSPS) is 37.6. The van der Waals surface area contributed by atoms with Gasteiger partial charge in [0.05, 0.1) is 5.92 Å². The highest BCUT2D eigenvalue weighted by atomic mass is 16.6. The molecule has 0 aromatic rings. The summed E-state index contributed by atoms with van der Waals surface area (Å²) >= 11 is 0. The van der Waals surface area contributed by atoms with E-state index in [1.165, 1.54) is 5.57 Å². The molecule has 0 saturated carbocycles. The molecular formula is C10H14O2. The smallest absolute Gasteiger partial charge is 0.314 e. The van der Waals surface area contributed by atoms with Crippen LogP contribution in [0.3, 0.4) is 0 Å². The average molecular weight is 166 g/mol. The number of rotatable bonds is 0. The lowest BCUT2D eigenvalue weighted by atomic mass is 9.83. The third-order valence-electron chi connectivity index (χ3n) is 3.10. The molecule has 0 aromatic heterocycles. The highest BCUT2D eigenvalue weighted by Gasteiger charge is 2.51. The second kappa shape index (κ2) is 2.12. The summed E-state index contributed by atoms with van der Waals surface area (Å²) in [4.78, 5) is 11.4. The van der Waals surface area contributed by atoms with E-state index in [9.17, 15) is 4.79 Å². The molecule has 2 aliphatic rings. The molecule has 66 valence electrons. The van der Waals surface area contributed by atoms with Crippen molar-refractivity contribution >= 4 is 5.97 Å². The zero-order chi connectivity index (χ0) is 8.93. The minimum absolute atomic E-state index is 0.0312. The summed E-state index contributed by atoms with van der Waals surface area (Å²) in [5.74, 6) is 0.404. The molecule has 12 heavy (non-hydrogen) atoms. The Hall–Kier alpha value is -0.790. The molecule has 0 amide bonds. The number of hydrogen-bond acceptors (Lipinski definition) is 2. The number of ether oxygens (including phenoxy) is 1. The molecule has 1 heterocycles. The highest BCUT2D eigenvalue weighted by Crippen LogP contribution is 2.46. The van der Waals surface area contributed by atoms with Crippen LogP contribution in [0.5, 0.6) is 0 Å². The van der Waals surface area contributed by atoms with Crippen LogP contribution in [-0.2, 0) is 9.53 Å². The van der Waals surface area contributed by atoms with Crippen LogP contribution in [-0.4, -0.2) is 11.6 Å². The van der Waals surface area contributed by atoms with Gasteiger partial charge in [0.2, 0.25) is 0 Å². The van der Waals surface area contributed by atoms with Gasteiger partial charge in [0, 0.05) is 5.92 Å². The van der Waals surface area contributed by atoms with Gasteiger partial charge < -0.3 is 4.74 Å². The Bertz CT molecular complexity index is 263. The van der Waals surface area contributed by atoms with E-state index >= 15 is 0 Å². The van der Waals surface area contributed by atoms with Crippen molar-refractivity contribution in [1.82, 2.24) is 0 Å². The third-order valence-corrected chi connectivity index (χ3v) is 3.10. The maximum absolute atomic E-state index is 11.4. The van der Waals surface area contributed by atoms with Gasteiger partial charge in [-0.3, -0.25) is 4.79 Å². The van der Waals surface area contributed by atoms with Crippen molar-refractivity contribution in [3.63, 3.8) is 0 Å². The van der Waals surface area contributed by atoms with Gasteiger partial charge in [-0.15, -0.1) is 0 Å². The number of cyclic esters (lactones) is 1. The number of fused-ring (bicyclic) bond motifs is 1. The van der Waals surface area contributed by atoms with Gasteiger partial charge in [-0.1, -0.05) is 11.6 Å². The highest BCUT2D eigenvalue weighted by molar-refractivity contribution is 5.80. The molecule has 1 aliphatic carbocycles. The minimum Gasteiger partial charge on any atom is -0.459 e. The van der Waals surface area contributed by atoms with Crippen LogP contribution in [0.25, 0.3) is 0 Å². The molecule has 0 radical (unpaired) electrons. The second-order valence-electron chi connectivity index (χ2n) is 4.29. The molecule has 1 aliphatic heterocycles. The van der Waals surface area contributed by atoms with Crippen LogP contribution in [0, 0.1) is 11.8 Å². The summed E-state index contributed by atoms with van der Waals surface area (Å²) in [5, 5.41) is 0. The van der Waals surface area contributed by atoms with E-state index in [0.717, 1.165) is 6.42 Å². The second-order valence-corrected chi connectivity index (χ2v) is 4.29. The van der Waals surface area contributed by atoms with Crippen molar-refractivity contribution in [2.24, 2.45) is 11.8 Å². The monoisotopic (exact) mass is 166 g/mol. The fourth-order valence-electron chi connectivity index (χ4n) is 2.33. The van der Waals surface area contributed by atoms with E-state index in [1.807, 2.05) is 20.8 Å². The molecule has 0 spiro atoms. The molecule has 0 bridgehead atoms. The van der Waals surface area contributed by atoms with Gasteiger partial charge in [0.15, 0.2) is 0 Å². The zero-order valence-corrected chi connectivity index (χ0v) is 7.76. The van der Waals surface area contributed by atoms with Crippen molar-refractivity contribution in [3.05, 3.63) is 11.6 Å². The molecule has 2 heteroatoms.